The Balaban J connectivity index is 2.17. The van der Waals surface area contributed by atoms with E-state index in [9.17, 15) is 5.11 Å². The number of hydrogen-bond donors (Lipinski definition) is 1. The van der Waals surface area contributed by atoms with Crippen molar-refractivity contribution in [2.24, 2.45) is 0 Å². The molecule has 0 bridgehead atoms. The van der Waals surface area contributed by atoms with Gasteiger partial charge in [0.1, 0.15) is 5.75 Å². The molecule has 3 rings (SSSR count). The standard InChI is InChI=1S/C27H32O/c1-18-8-12-21(13-9-18)26(4,5)23-16-17-24(28)25(20(23)3)27(6,7)22-14-10-19(2)11-15-22/h8-17,28H,1-7H3. The molecule has 0 fully saturated rings. The van der Waals surface area contributed by atoms with E-state index in [1.807, 2.05) is 6.07 Å². The molecule has 0 aliphatic carbocycles. The highest BCUT2D eigenvalue weighted by Gasteiger charge is 2.33. The van der Waals surface area contributed by atoms with Crippen molar-refractivity contribution in [2.75, 3.05) is 0 Å². The first kappa shape index (κ1) is 20.2. The SMILES string of the molecule is Cc1ccc(C(C)(C)c2ccc(O)c(C(C)(C)c3ccc(C)cc3)c2C)cc1. The van der Waals surface area contributed by atoms with Crippen LogP contribution in [-0.4, -0.2) is 5.11 Å². The first-order valence-electron chi connectivity index (χ1n) is 10.0. The molecule has 0 aliphatic heterocycles. The van der Waals surface area contributed by atoms with Gasteiger partial charge in [0.15, 0.2) is 0 Å². The first-order valence-corrected chi connectivity index (χ1v) is 10.0. The zero-order valence-electron chi connectivity index (χ0n) is 18.2. The van der Waals surface area contributed by atoms with Crippen molar-refractivity contribution in [2.45, 2.75) is 59.3 Å². The largest absolute Gasteiger partial charge is 0.508 e. The summed E-state index contributed by atoms with van der Waals surface area (Å²) in [7, 11) is 0. The van der Waals surface area contributed by atoms with Crippen LogP contribution in [0.25, 0.3) is 0 Å². The molecule has 0 heterocycles. The molecule has 0 amide bonds. The van der Waals surface area contributed by atoms with Gasteiger partial charge in [-0.15, -0.1) is 0 Å². The average molecular weight is 373 g/mol. The van der Waals surface area contributed by atoms with Crippen LogP contribution in [0, 0.1) is 20.8 Å². The predicted octanol–water partition coefficient (Wildman–Crippen LogP) is 6.97. The van der Waals surface area contributed by atoms with Crippen LogP contribution in [0.4, 0.5) is 0 Å². The molecule has 1 heteroatoms. The van der Waals surface area contributed by atoms with Crippen molar-refractivity contribution in [1.82, 2.24) is 0 Å². The van der Waals surface area contributed by atoms with E-state index < -0.39 is 0 Å². The number of benzene rings is 3. The van der Waals surface area contributed by atoms with Crippen LogP contribution in [0.2, 0.25) is 0 Å². The molecule has 28 heavy (non-hydrogen) atoms. The molecule has 0 atom stereocenters. The summed E-state index contributed by atoms with van der Waals surface area (Å²) >= 11 is 0. The van der Waals surface area contributed by atoms with E-state index in [4.69, 9.17) is 0 Å². The third-order valence-corrected chi connectivity index (χ3v) is 6.29. The van der Waals surface area contributed by atoms with Crippen LogP contribution < -0.4 is 0 Å². The van der Waals surface area contributed by atoms with E-state index in [1.165, 1.54) is 27.8 Å². The van der Waals surface area contributed by atoms with Gasteiger partial charge in [0.2, 0.25) is 0 Å². The van der Waals surface area contributed by atoms with Gasteiger partial charge in [-0.3, -0.25) is 0 Å². The van der Waals surface area contributed by atoms with E-state index in [1.54, 1.807) is 0 Å². The Kier molecular flexibility index (Phi) is 5.14. The molecule has 1 N–H and O–H groups in total. The van der Waals surface area contributed by atoms with Gasteiger partial charge in [-0.25, -0.2) is 0 Å². The Morgan fingerprint density at radius 3 is 1.46 bits per heavy atom. The maximum absolute atomic E-state index is 10.8. The van der Waals surface area contributed by atoms with Gasteiger partial charge in [-0.05, 0) is 49.1 Å². The van der Waals surface area contributed by atoms with Gasteiger partial charge < -0.3 is 5.11 Å². The van der Waals surface area contributed by atoms with E-state index in [0.29, 0.717) is 5.75 Å². The Morgan fingerprint density at radius 2 is 1.00 bits per heavy atom. The minimum Gasteiger partial charge on any atom is -0.508 e. The van der Waals surface area contributed by atoms with Crippen LogP contribution in [0.15, 0.2) is 60.7 Å². The number of aryl methyl sites for hydroxylation is 2. The van der Waals surface area contributed by atoms with E-state index in [0.717, 1.165) is 11.1 Å². The fraction of sp³-hybridized carbons (Fsp3) is 0.333. The second kappa shape index (κ2) is 7.13. The minimum atomic E-state index is -0.290. The Hall–Kier alpha value is -2.54. The third-order valence-electron chi connectivity index (χ3n) is 6.29. The molecule has 0 unspecified atom stereocenters. The molecule has 0 spiro atoms. The fourth-order valence-electron chi connectivity index (χ4n) is 4.40. The maximum Gasteiger partial charge on any atom is 0.119 e. The normalized spacial score (nSPS) is 12.2. The zero-order valence-corrected chi connectivity index (χ0v) is 18.2. The molecule has 0 radical (unpaired) electrons. The fourth-order valence-corrected chi connectivity index (χ4v) is 4.40. The Morgan fingerprint density at radius 1 is 0.571 bits per heavy atom. The van der Waals surface area contributed by atoms with E-state index in [2.05, 4.69) is 103 Å². The van der Waals surface area contributed by atoms with E-state index >= 15 is 0 Å². The van der Waals surface area contributed by atoms with Gasteiger partial charge in [0.05, 0.1) is 0 Å². The second-order valence-electron chi connectivity index (χ2n) is 9.11. The number of hydrogen-bond acceptors (Lipinski definition) is 1. The lowest BCUT2D eigenvalue weighted by atomic mass is 9.70. The van der Waals surface area contributed by atoms with Gasteiger partial charge in [0, 0.05) is 16.4 Å². The lowest BCUT2D eigenvalue weighted by Crippen LogP contribution is -2.25. The summed E-state index contributed by atoms with van der Waals surface area (Å²) in [6.45, 7) is 15.3. The number of phenolic OH excluding ortho intramolecular Hbond substituents is 1. The lowest BCUT2D eigenvalue weighted by molar-refractivity contribution is 0.450. The average Bonchev–Trinajstić information content (AvgIpc) is 2.62. The summed E-state index contributed by atoms with van der Waals surface area (Å²) in [4.78, 5) is 0. The Labute approximate surface area is 170 Å². The van der Waals surface area contributed by atoms with Gasteiger partial charge in [-0.2, -0.15) is 0 Å². The highest BCUT2D eigenvalue weighted by molar-refractivity contribution is 5.56. The second-order valence-corrected chi connectivity index (χ2v) is 9.11. The predicted molar refractivity (Wildman–Crippen MR) is 119 cm³/mol. The van der Waals surface area contributed by atoms with Gasteiger partial charge >= 0.3 is 0 Å². The highest BCUT2D eigenvalue weighted by atomic mass is 16.3. The molecule has 0 saturated heterocycles. The monoisotopic (exact) mass is 372 g/mol. The quantitative estimate of drug-likeness (QED) is 0.524. The molecular formula is C27H32O. The van der Waals surface area contributed by atoms with Crippen molar-refractivity contribution in [3.63, 3.8) is 0 Å². The molecule has 0 aliphatic rings. The summed E-state index contributed by atoms with van der Waals surface area (Å²) in [6.07, 6.45) is 0. The van der Waals surface area contributed by atoms with Crippen molar-refractivity contribution < 1.29 is 5.11 Å². The summed E-state index contributed by atoms with van der Waals surface area (Å²) in [5.74, 6) is 0.367. The summed E-state index contributed by atoms with van der Waals surface area (Å²) < 4.78 is 0. The van der Waals surface area contributed by atoms with Crippen molar-refractivity contribution in [3.8, 4) is 5.75 Å². The zero-order chi connectivity index (χ0) is 20.7. The van der Waals surface area contributed by atoms with Gasteiger partial charge in [0.25, 0.3) is 0 Å². The molecular weight excluding hydrogens is 340 g/mol. The molecule has 3 aromatic carbocycles. The van der Waals surface area contributed by atoms with Gasteiger partial charge in [-0.1, -0.05) is 93.4 Å². The molecule has 0 saturated carbocycles. The van der Waals surface area contributed by atoms with Crippen LogP contribution in [0.3, 0.4) is 0 Å². The third kappa shape index (κ3) is 3.46. The summed E-state index contributed by atoms with van der Waals surface area (Å²) in [6, 6.07) is 21.3. The summed E-state index contributed by atoms with van der Waals surface area (Å²) in [5, 5.41) is 10.8. The maximum atomic E-state index is 10.8. The van der Waals surface area contributed by atoms with Crippen LogP contribution in [0.1, 0.15) is 66.6 Å². The molecule has 146 valence electrons. The lowest BCUT2D eigenvalue weighted by Gasteiger charge is -2.34. The van der Waals surface area contributed by atoms with Crippen molar-refractivity contribution in [1.29, 1.82) is 0 Å². The topological polar surface area (TPSA) is 20.2 Å². The minimum absolute atomic E-state index is 0.149. The van der Waals surface area contributed by atoms with Crippen molar-refractivity contribution >= 4 is 0 Å². The Bertz CT molecular complexity index is 974. The summed E-state index contributed by atoms with van der Waals surface area (Å²) in [5.41, 5.74) is 7.99. The number of phenols is 1. The number of rotatable bonds is 4. The smallest absolute Gasteiger partial charge is 0.119 e. The molecule has 1 nitrogen and oxygen atoms in total. The van der Waals surface area contributed by atoms with Crippen LogP contribution in [-0.2, 0) is 10.8 Å². The van der Waals surface area contributed by atoms with E-state index in [-0.39, 0.29) is 10.8 Å². The van der Waals surface area contributed by atoms with Crippen molar-refractivity contribution in [3.05, 3.63) is 99.6 Å². The number of aromatic hydroxyl groups is 1. The van der Waals surface area contributed by atoms with Crippen LogP contribution >= 0.6 is 0 Å². The highest BCUT2D eigenvalue weighted by Crippen LogP contribution is 2.44. The molecule has 3 aromatic rings. The van der Waals surface area contributed by atoms with Crippen LogP contribution in [0.5, 0.6) is 5.75 Å². The molecule has 0 aromatic heterocycles. The first-order chi connectivity index (χ1) is 13.0.